The molecule has 0 aromatic rings. The van der Waals surface area contributed by atoms with E-state index < -0.39 is 0 Å². The molecule has 1 aliphatic rings. The van der Waals surface area contributed by atoms with Gasteiger partial charge in [-0.05, 0) is 57.1 Å². The lowest BCUT2D eigenvalue weighted by Crippen LogP contribution is -1.92. The van der Waals surface area contributed by atoms with Crippen LogP contribution < -0.4 is 0 Å². The maximum absolute atomic E-state index is 3.76. The van der Waals surface area contributed by atoms with Crippen LogP contribution in [0, 0.1) is 5.92 Å². The molecule has 1 atom stereocenters. The van der Waals surface area contributed by atoms with Gasteiger partial charge in [-0.2, -0.15) is 0 Å². The average molecular weight is 190 g/mol. The third-order valence-corrected chi connectivity index (χ3v) is 3.65. The van der Waals surface area contributed by atoms with E-state index >= 15 is 0 Å². The predicted molar refractivity (Wildman–Crippen MR) is 64.3 cm³/mol. The predicted octanol–water partition coefficient (Wildman–Crippen LogP) is 4.65. The van der Waals surface area contributed by atoms with Crippen molar-refractivity contribution in [3.8, 4) is 0 Å². The second kappa shape index (κ2) is 4.63. The Morgan fingerprint density at radius 1 is 1.21 bits per heavy atom. The maximum atomic E-state index is 3.76. The molecule has 78 valence electrons. The number of rotatable bonds is 4. The van der Waals surface area contributed by atoms with E-state index in [9.17, 15) is 0 Å². The van der Waals surface area contributed by atoms with Crippen molar-refractivity contribution in [1.29, 1.82) is 0 Å². The fraction of sp³-hybridized carbons (Fsp3) is 0.571. The molecule has 0 N–H and O–H groups in total. The summed E-state index contributed by atoms with van der Waals surface area (Å²) in [5.41, 5.74) is 6.30. The van der Waals surface area contributed by atoms with Crippen molar-refractivity contribution >= 4 is 0 Å². The van der Waals surface area contributed by atoms with Gasteiger partial charge in [0.1, 0.15) is 0 Å². The van der Waals surface area contributed by atoms with E-state index in [1.807, 2.05) is 6.08 Å². The number of unbranched alkanes of at least 4 members (excludes halogenated alkanes) is 1. The standard InChI is InChI=1S/C14H22/c1-6-7-8-9-14-12(4)10(2)11(3)13(14)5/h6,10H,1,7-9H2,2-5H3. The molecule has 14 heavy (non-hydrogen) atoms. The van der Waals surface area contributed by atoms with Crippen molar-refractivity contribution in [2.75, 3.05) is 0 Å². The van der Waals surface area contributed by atoms with Crippen LogP contribution in [0.2, 0.25) is 0 Å². The van der Waals surface area contributed by atoms with Gasteiger partial charge in [0.25, 0.3) is 0 Å². The Morgan fingerprint density at radius 3 is 2.29 bits per heavy atom. The molecule has 0 radical (unpaired) electrons. The summed E-state index contributed by atoms with van der Waals surface area (Å²) in [4.78, 5) is 0. The van der Waals surface area contributed by atoms with Gasteiger partial charge >= 0.3 is 0 Å². The molecule has 0 aliphatic heterocycles. The molecule has 0 amide bonds. The Hall–Kier alpha value is -0.780. The van der Waals surface area contributed by atoms with Crippen LogP contribution in [0.4, 0.5) is 0 Å². The third kappa shape index (κ3) is 2.00. The van der Waals surface area contributed by atoms with Crippen LogP contribution in [0.5, 0.6) is 0 Å². The molecule has 0 spiro atoms. The zero-order valence-corrected chi connectivity index (χ0v) is 9.98. The zero-order chi connectivity index (χ0) is 10.7. The van der Waals surface area contributed by atoms with Crippen molar-refractivity contribution in [3.05, 3.63) is 34.9 Å². The molecule has 0 fully saturated rings. The summed E-state index contributed by atoms with van der Waals surface area (Å²) in [5.74, 6) is 0.675. The van der Waals surface area contributed by atoms with Gasteiger partial charge in [-0.25, -0.2) is 0 Å². The van der Waals surface area contributed by atoms with Gasteiger partial charge in [-0.3, -0.25) is 0 Å². The smallest absolute Gasteiger partial charge is 0.00152 e. The summed E-state index contributed by atoms with van der Waals surface area (Å²) in [6.45, 7) is 12.9. The van der Waals surface area contributed by atoms with E-state index in [1.165, 1.54) is 12.8 Å². The van der Waals surface area contributed by atoms with Crippen LogP contribution in [-0.2, 0) is 0 Å². The molecule has 0 saturated carbocycles. The minimum absolute atomic E-state index is 0.675. The Balaban J connectivity index is 2.71. The van der Waals surface area contributed by atoms with Crippen LogP contribution in [0.3, 0.4) is 0 Å². The lowest BCUT2D eigenvalue weighted by atomic mass is 9.98. The summed E-state index contributed by atoms with van der Waals surface area (Å²) >= 11 is 0. The lowest BCUT2D eigenvalue weighted by molar-refractivity contribution is 0.795. The Bertz CT molecular complexity index is 289. The van der Waals surface area contributed by atoms with Crippen LogP contribution >= 0.6 is 0 Å². The first-order chi connectivity index (χ1) is 6.59. The van der Waals surface area contributed by atoms with Crippen LogP contribution in [0.15, 0.2) is 34.9 Å². The second-order valence-corrected chi connectivity index (χ2v) is 4.37. The van der Waals surface area contributed by atoms with Gasteiger partial charge in [0.15, 0.2) is 0 Å². The molecule has 0 heteroatoms. The summed E-state index contributed by atoms with van der Waals surface area (Å²) < 4.78 is 0. The number of hydrogen-bond acceptors (Lipinski definition) is 0. The highest BCUT2D eigenvalue weighted by Crippen LogP contribution is 2.38. The molecule has 1 rings (SSSR count). The number of hydrogen-bond donors (Lipinski definition) is 0. The van der Waals surface area contributed by atoms with Gasteiger partial charge < -0.3 is 0 Å². The highest BCUT2D eigenvalue weighted by atomic mass is 14.3. The van der Waals surface area contributed by atoms with E-state index in [4.69, 9.17) is 0 Å². The lowest BCUT2D eigenvalue weighted by Gasteiger charge is -2.07. The average Bonchev–Trinajstić information content (AvgIpc) is 2.35. The highest BCUT2D eigenvalue weighted by molar-refractivity contribution is 5.46. The third-order valence-electron chi connectivity index (χ3n) is 3.65. The SMILES string of the molecule is C=CCCCC1=C(C)C(C)C(C)=C1C. The molecule has 0 aromatic carbocycles. The minimum atomic E-state index is 0.675. The van der Waals surface area contributed by atoms with E-state index in [2.05, 4.69) is 34.3 Å². The van der Waals surface area contributed by atoms with Crippen LogP contribution in [-0.4, -0.2) is 0 Å². The fourth-order valence-corrected chi connectivity index (χ4v) is 2.25. The Kier molecular flexibility index (Phi) is 3.74. The van der Waals surface area contributed by atoms with E-state index in [1.54, 1.807) is 22.3 Å². The van der Waals surface area contributed by atoms with Crippen molar-refractivity contribution in [1.82, 2.24) is 0 Å². The molecule has 0 heterocycles. The first-order valence-electron chi connectivity index (χ1n) is 5.57. The monoisotopic (exact) mass is 190 g/mol. The summed E-state index contributed by atoms with van der Waals surface area (Å²) in [6.07, 6.45) is 5.62. The first kappa shape index (κ1) is 11.3. The fourth-order valence-electron chi connectivity index (χ4n) is 2.25. The highest BCUT2D eigenvalue weighted by Gasteiger charge is 2.21. The summed E-state index contributed by atoms with van der Waals surface area (Å²) in [7, 11) is 0. The van der Waals surface area contributed by atoms with E-state index in [0.29, 0.717) is 5.92 Å². The number of allylic oxidation sites excluding steroid dienone is 5. The van der Waals surface area contributed by atoms with E-state index in [0.717, 1.165) is 6.42 Å². The van der Waals surface area contributed by atoms with Crippen molar-refractivity contribution < 1.29 is 0 Å². The Morgan fingerprint density at radius 2 is 1.86 bits per heavy atom. The molecule has 1 unspecified atom stereocenters. The van der Waals surface area contributed by atoms with Crippen molar-refractivity contribution in [2.45, 2.75) is 47.0 Å². The van der Waals surface area contributed by atoms with Crippen molar-refractivity contribution in [3.63, 3.8) is 0 Å². The van der Waals surface area contributed by atoms with Gasteiger partial charge in [0.2, 0.25) is 0 Å². The van der Waals surface area contributed by atoms with Crippen LogP contribution in [0.1, 0.15) is 47.0 Å². The molecule has 0 saturated heterocycles. The summed E-state index contributed by atoms with van der Waals surface area (Å²) in [5, 5.41) is 0. The first-order valence-corrected chi connectivity index (χ1v) is 5.57. The van der Waals surface area contributed by atoms with Gasteiger partial charge in [0.05, 0.1) is 0 Å². The van der Waals surface area contributed by atoms with Gasteiger partial charge in [-0.1, -0.05) is 24.1 Å². The molecule has 0 aromatic heterocycles. The quantitative estimate of drug-likeness (QED) is 0.447. The topological polar surface area (TPSA) is 0 Å². The van der Waals surface area contributed by atoms with Gasteiger partial charge in [-0.15, -0.1) is 6.58 Å². The minimum Gasteiger partial charge on any atom is -0.103 e. The largest absolute Gasteiger partial charge is 0.103 e. The van der Waals surface area contributed by atoms with Gasteiger partial charge in [0, 0.05) is 0 Å². The normalized spacial score (nSPS) is 22.1. The van der Waals surface area contributed by atoms with Crippen molar-refractivity contribution in [2.24, 2.45) is 5.92 Å². The molecule has 0 nitrogen and oxygen atoms in total. The molecular weight excluding hydrogens is 168 g/mol. The zero-order valence-electron chi connectivity index (χ0n) is 9.98. The second-order valence-electron chi connectivity index (χ2n) is 4.37. The van der Waals surface area contributed by atoms with Crippen LogP contribution in [0.25, 0.3) is 0 Å². The maximum Gasteiger partial charge on any atom is -0.00152 e. The van der Waals surface area contributed by atoms with E-state index in [-0.39, 0.29) is 0 Å². The molecule has 0 bridgehead atoms. The Labute approximate surface area is 88.4 Å². The summed E-state index contributed by atoms with van der Waals surface area (Å²) in [6, 6.07) is 0. The molecule has 1 aliphatic carbocycles. The molecular formula is C14H22.